The standard InChI is InChI=1S/C5H8F2O4/c1-10-3-11-2-5(6,7)4(8)9/h2-3H2,1H3,(H,8,9)/p-1. The highest BCUT2D eigenvalue weighted by molar-refractivity contribution is 5.73. The molecule has 0 rings (SSSR count). The molecule has 0 aromatic rings. The highest BCUT2D eigenvalue weighted by Gasteiger charge is 2.31. The Morgan fingerprint density at radius 2 is 2.18 bits per heavy atom. The van der Waals surface area contributed by atoms with E-state index in [2.05, 4.69) is 9.47 Å². The molecule has 0 saturated heterocycles. The van der Waals surface area contributed by atoms with Crippen LogP contribution in [0.25, 0.3) is 0 Å². The van der Waals surface area contributed by atoms with Crippen molar-refractivity contribution < 1.29 is 28.2 Å². The molecular weight excluding hydrogens is 162 g/mol. The molecule has 0 bridgehead atoms. The topological polar surface area (TPSA) is 58.6 Å². The average Bonchev–Trinajstić information content (AvgIpc) is 1.88. The molecule has 0 radical (unpaired) electrons. The third kappa shape index (κ3) is 3.84. The number of ether oxygens (including phenoxy) is 2. The predicted molar refractivity (Wildman–Crippen MR) is 27.8 cm³/mol. The van der Waals surface area contributed by atoms with Gasteiger partial charge >= 0.3 is 5.92 Å². The fourth-order valence-corrected chi connectivity index (χ4v) is 0.312. The molecule has 0 aromatic heterocycles. The maximum absolute atomic E-state index is 12.0. The first-order valence-electron chi connectivity index (χ1n) is 2.66. The molecule has 0 aliphatic heterocycles. The molecule has 0 fully saturated rings. The summed E-state index contributed by atoms with van der Waals surface area (Å²) in [5, 5.41) is 9.63. The van der Waals surface area contributed by atoms with Crippen LogP contribution in [-0.4, -0.2) is 32.4 Å². The number of rotatable bonds is 5. The van der Waals surface area contributed by atoms with Gasteiger partial charge in [-0.3, -0.25) is 0 Å². The third-order valence-corrected chi connectivity index (χ3v) is 0.783. The number of carboxylic acid groups (broad SMARTS) is 1. The number of carbonyl (C=O) groups is 1. The summed E-state index contributed by atoms with van der Waals surface area (Å²) < 4.78 is 32.4. The highest BCUT2D eigenvalue weighted by atomic mass is 19.3. The van der Waals surface area contributed by atoms with Crippen LogP contribution < -0.4 is 5.11 Å². The van der Waals surface area contributed by atoms with Gasteiger partial charge in [0.05, 0.1) is 0 Å². The number of carboxylic acids is 1. The maximum atomic E-state index is 12.0. The van der Waals surface area contributed by atoms with Gasteiger partial charge in [0.1, 0.15) is 19.4 Å². The second kappa shape index (κ2) is 4.20. The van der Waals surface area contributed by atoms with E-state index in [0.717, 1.165) is 0 Å². The number of hydrogen-bond donors (Lipinski definition) is 0. The van der Waals surface area contributed by atoms with E-state index in [1.165, 1.54) is 7.11 Å². The minimum atomic E-state index is -3.95. The number of carbonyl (C=O) groups excluding carboxylic acids is 1. The summed E-state index contributed by atoms with van der Waals surface area (Å²) in [6.07, 6.45) is 0. The van der Waals surface area contributed by atoms with Crippen molar-refractivity contribution in [3.8, 4) is 0 Å². The van der Waals surface area contributed by atoms with E-state index < -0.39 is 18.5 Å². The summed E-state index contributed by atoms with van der Waals surface area (Å²) in [5.41, 5.74) is 0. The quantitative estimate of drug-likeness (QED) is 0.391. The van der Waals surface area contributed by atoms with E-state index in [4.69, 9.17) is 0 Å². The maximum Gasteiger partial charge on any atom is 0.310 e. The normalized spacial score (nSPS) is 11.5. The molecule has 0 amide bonds. The number of alkyl halides is 2. The Balaban J connectivity index is 3.64. The zero-order valence-corrected chi connectivity index (χ0v) is 5.80. The Labute approximate surface area is 61.7 Å². The van der Waals surface area contributed by atoms with Gasteiger partial charge < -0.3 is 19.4 Å². The first-order chi connectivity index (χ1) is 5.00. The summed E-state index contributed by atoms with van der Waals surface area (Å²) in [5.74, 6) is -6.40. The van der Waals surface area contributed by atoms with Crippen LogP contribution in [-0.2, 0) is 14.3 Å². The molecule has 0 spiro atoms. The fourth-order valence-electron chi connectivity index (χ4n) is 0.312. The lowest BCUT2D eigenvalue weighted by molar-refractivity contribution is -0.333. The summed E-state index contributed by atoms with van der Waals surface area (Å²) in [4.78, 5) is 9.63. The zero-order chi connectivity index (χ0) is 8.91. The summed E-state index contributed by atoms with van der Waals surface area (Å²) in [7, 11) is 1.23. The van der Waals surface area contributed by atoms with Crippen molar-refractivity contribution in [3.05, 3.63) is 0 Å². The van der Waals surface area contributed by atoms with Crippen LogP contribution in [0, 0.1) is 0 Å². The average molecular weight is 169 g/mol. The van der Waals surface area contributed by atoms with Gasteiger partial charge in [-0.2, -0.15) is 8.78 Å². The highest BCUT2D eigenvalue weighted by Crippen LogP contribution is 2.11. The first-order valence-corrected chi connectivity index (χ1v) is 2.66. The molecule has 4 nitrogen and oxygen atoms in total. The molecule has 0 N–H and O–H groups in total. The van der Waals surface area contributed by atoms with Crippen LogP contribution in [0.4, 0.5) is 8.78 Å². The zero-order valence-electron chi connectivity index (χ0n) is 5.80. The van der Waals surface area contributed by atoms with Gasteiger partial charge in [-0.25, -0.2) is 0 Å². The lowest BCUT2D eigenvalue weighted by Crippen LogP contribution is -2.44. The van der Waals surface area contributed by atoms with Crippen molar-refractivity contribution in [2.24, 2.45) is 0 Å². The molecule has 6 heteroatoms. The molecule has 0 unspecified atom stereocenters. The molecule has 0 heterocycles. The molecule has 11 heavy (non-hydrogen) atoms. The molecule has 0 saturated carbocycles. The third-order valence-electron chi connectivity index (χ3n) is 0.783. The van der Waals surface area contributed by atoms with E-state index in [9.17, 15) is 18.7 Å². The SMILES string of the molecule is COCOCC(F)(F)C(=O)[O-]. The fraction of sp³-hybridized carbons (Fsp3) is 0.800. The Kier molecular flexibility index (Phi) is 3.91. The van der Waals surface area contributed by atoms with E-state index in [-0.39, 0.29) is 6.79 Å². The summed E-state index contributed by atoms with van der Waals surface area (Å²) in [6, 6.07) is 0. The van der Waals surface area contributed by atoms with Gasteiger partial charge in [0.25, 0.3) is 0 Å². The Morgan fingerprint density at radius 3 is 2.55 bits per heavy atom. The Bertz CT molecular complexity index is 136. The van der Waals surface area contributed by atoms with Crippen molar-refractivity contribution in [2.45, 2.75) is 5.92 Å². The van der Waals surface area contributed by atoms with Crippen LogP contribution in [0.1, 0.15) is 0 Å². The van der Waals surface area contributed by atoms with Crippen LogP contribution >= 0.6 is 0 Å². The smallest absolute Gasteiger partial charge is 0.310 e. The number of methoxy groups -OCH3 is 1. The van der Waals surface area contributed by atoms with Gasteiger partial charge in [0.15, 0.2) is 0 Å². The van der Waals surface area contributed by atoms with Crippen molar-refractivity contribution >= 4 is 5.97 Å². The lowest BCUT2D eigenvalue weighted by atomic mass is 10.4. The number of aliphatic carboxylic acids is 1. The van der Waals surface area contributed by atoms with Crippen molar-refractivity contribution in [1.82, 2.24) is 0 Å². The Morgan fingerprint density at radius 1 is 1.64 bits per heavy atom. The van der Waals surface area contributed by atoms with E-state index in [1.807, 2.05) is 0 Å². The van der Waals surface area contributed by atoms with Crippen molar-refractivity contribution in [3.63, 3.8) is 0 Å². The second-order valence-electron chi connectivity index (χ2n) is 1.75. The lowest BCUT2D eigenvalue weighted by Gasteiger charge is -2.16. The number of halogens is 2. The molecule has 0 atom stereocenters. The monoisotopic (exact) mass is 169 g/mol. The molecule has 0 aromatic carbocycles. The van der Waals surface area contributed by atoms with Crippen molar-refractivity contribution in [2.75, 3.05) is 20.5 Å². The van der Waals surface area contributed by atoms with Crippen molar-refractivity contribution in [1.29, 1.82) is 0 Å². The van der Waals surface area contributed by atoms with Gasteiger partial charge in [0, 0.05) is 7.11 Å². The minimum Gasteiger partial charge on any atom is -0.544 e. The summed E-state index contributed by atoms with van der Waals surface area (Å²) >= 11 is 0. The van der Waals surface area contributed by atoms with E-state index in [0.29, 0.717) is 0 Å². The van der Waals surface area contributed by atoms with Gasteiger partial charge in [0.2, 0.25) is 0 Å². The van der Waals surface area contributed by atoms with E-state index in [1.54, 1.807) is 0 Å². The first kappa shape index (κ1) is 10.2. The van der Waals surface area contributed by atoms with Crippen LogP contribution in [0.2, 0.25) is 0 Å². The van der Waals surface area contributed by atoms with Crippen LogP contribution in [0.15, 0.2) is 0 Å². The Hall–Kier alpha value is -0.750. The predicted octanol–water partition coefficient (Wildman–Crippen LogP) is -1.01. The second-order valence-corrected chi connectivity index (χ2v) is 1.75. The number of hydrogen-bond acceptors (Lipinski definition) is 4. The minimum absolute atomic E-state index is 0.372. The van der Waals surface area contributed by atoms with Gasteiger partial charge in [-0.05, 0) is 0 Å². The van der Waals surface area contributed by atoms with Crippen LogP contribution in [0.5, 0.6) is 0 Å². The largest absolute Gasteiger partial charge is 0.544 e. The molecule has 0 aliphatic carbocycles. The van der Waals surface area contributed by atoms with Crippen LogP contribution in [0.3, 0.4) is 0 Å². The van der Waals surface area contributed by atoms with Gasteiger partial charge in [-0.1, -0.05) is 0 Å². The molecule has 0 aliphatic rings. The molecular formula is C5H7F2O4-. The van der Waals surface area contributed by atoms with Gasteiger partial charge in [-0.15, -0.1) is 0 Å². The summed E-state index contributed by atoms with van der Waals surface area (Å²) in [6.45, 7) is -1.61. The van der Waals surface area contributed by atoms with E-state index >= 15 is 0 Å². The molecule has 66 valence electrons.